The number of aromatic hydroxyl groups is 4. The Labute approximate surface area is 244 Å². The van der Waals surface area contributed by atoms with Crippen molar-refractivity contribution in [1.82, 2.24) is 19.6 Å². The number of carbonyl (C=O) groups is 2. The molecule has 0 aliphatic heterocycles. The van der Waals surface area contributed by atoms with Gasteiger partial charge in [-0.25, -0.2) is 0 Å². The van der Waals surface area contributed by atoms with Gasteiger partial charge in [-0.1, -0.05) is 12.1 Å². The van der Waals surface area contributed by atoms with Crippen LogP contribution >= 0.6 is 0 Å². The lowest BCUT2D eigenvalue weighted by atomic mass is 10.1. The van der Waals surface area contributed by atoms with Gasteiger partial charge in [0.15, 0.2) is 23.0 Å². The van der Waals surface area contributed by atoms with Gasteiger partial charge in [-0.05, 0) is 109 Å². The molecule has 2 aromatic carbocycles. The normalized spacial score (nSPS) is 11.3. The molecule has 41 heavy (non-hydrogen) atoms. The molecule has 0 aliphatic rings. The Hall–Kier alpha value is -3.50. The SMILES string of the molecule is CN(C)CCCN(CCCN(CCCN(C)C)C(=O)CCc1ccc(O)c(O)c1)C(=O)CCc1ccc(O)c(O)c1. The van der Waals surface area contributed by atoms with Gasteiger partial charge in [0.1, 0.15) is 0 Å². The van der Waals surface area contributed by atoms with Crippen LogP contribution in [0.3, 0.4) is 0 Å². The lowest BCUT2D eigenvalue weighted by Gasteiger charge is -2.27. The maximum Gasteiger partial charge on any atom is 0.222 e. The van der Waals surface area contributed by atoms with Crippen LogP contribution < -0.4 is 0 Å². The van der Waals surface area contributed by atoms with Crippen LogP contribution in [0.5, 0.6) is 23.0 Å². The Morgan fingerprint density at radius 1 is 0.537 bits per heavy atom. The van der Waals surface area contributed by atoms with E-state index in [2.05, 4.69) is 9.80 Å². The number of phenols is 4. The first-order valence-corrected chi connectivity index (χ1v) is 14.3. The third-order valence-electron chi connectivity index (χ3n) is 6.96. The molecule has 2 amide bonds. The second-order valence-electron chi connectivity index (χ2n) is 11.1. The number of phenolic OH excluding ortho intramolecular Hbond substituents is 4. The summed E-state index contributed by atoms with van der Waals surface area (Å²) in [5.41, 5.74) is 1.56. The van der Waals surface area contributed by atoms with E-state index < -0.39 is 0 Å². The van der Waals surface area contributed by atoms with Crippen LogP contribution in [-0.2, 0) is 22.4 Å². The van der Waals surface area contributed by atoms with Crippen LogP contribution in [0.2, 0.25) is 0 Å². The molecule has 228 valence electrons. The summed E-state index contributed by atoms with van der Waals surface area (Å²) in [5.74, 6) is -0.714. The van der Waals surface area contributed by atoms with Crippen molar-refractivity contribution in [2.75, 3.05) is 67.5 Å². The van der Waals surface area contributed by atoms with Crippen LogP contribution in [0, 0.1) is 0 Å². The van der Waals surface area contributed by atoms with Gasteiger partial charge < -0.3 is 40.0 Å². The smallest absolute Gasteiger partial charge is 0.222 e. The summed E-state index contributed by atoms with van der Waals surface area (Å²) in [6, 6.07) is 9.23. The Morgan fingerprint density at radius 3 is 1.20 bits per heavy atom. The van der Waals surface area contributed by atoms with Crippen molar-refractivity contribution in [2.45, 2.75) is 44.9 Å². The van der Waals surface area contributed by atoms with Crippen molar-refractivity contribution in [3.63, 3.8) is 0 Å². The molecule has 0 saturated heterocycles. The van der Waals surface area contributed by atoms with Crippen molar-refractivity contribution in [3.8, 4) is 23.0 Å². The van der Waals surface area contributed by atoms with Gasteiger partial charge in [-0.3, -0.25) is 9.59 Å². The summed E-state index contributed by atoms with van der Waals surface area (Å²) in [5, 5.41) is 38.6. The second kappa shape index (κ2) is 17.3. The van der Waals surface area contributed by atoms with Crippen molar-refractivity contribution < 1.29 is 30.0 Å². The monoisotopic (exact) mass is 572 g/mol. The Bertz CT molecular complexity index is 1020. The minimum atomic E-state index is -0.195. The molecular formula is C31H48N4O6. The molecule has 0 bridgehead atoms. The molecule has 0 atom stereocenters. The lowest BCUT2D eigenvalue weighted by Crippen LogP contribution is -2.38. The van der Waals surface area contributed by atoms with Crippen molar-refractivity contribution in [2.24, 2.45) is 0 Å². The van der Waals surface area contributed by atoms with Crippen LogP contribution in [0.25, 0.3) is 0 Å². The summed E-state index contributed by atoms with van der Waals surface area (Å²) in [6.45, 7) is 4.04. The van der Waals surface area contributed by atoms with Crippen LogP contribution in [0.4, 0.5) is 0 Å². The first-order valence-electron chi connectivity index (χ1n) is 14.3. The highest BCUT2D eigenvalue weighted by molar-refractivity contribution is 5.77. The standard InChI is InChI=1S/C31H48N4O6/c1-32(2)16-5-18-34(30(40)14-10-24-8-12-26(36)28(38)22-24)20-7-21-35(19-6-17-33(3)4)31(41)15-11-25-9-13-27(37)29(39)23-25/h8-9,12-13,22-23,36-39H,5-7,10-11,14-21H2,1-4H3. The maximum atomic E-state index is 13.2. The molecule has 2 rings (SSSR count). The Balaban J connectivity index is 1.99. The van der Waals surface area contributed by atoms with E-state index in [0.29, 0.717) is 45.4 Å². The van der Waals surface area contributed by atoms with Gasteiger partial charge in [-0.2, -0.15) is 0 Å². The fourth-order valence-electron chi connectivity index (χ4n) is 4.60. The summed E-state index contributed by atoms with van der Waals surface area (Å²) in [6.07, 6.45) is 3.82. The lowest BCUT2D eigenvalue weighted by molar-refractivity contribution is -0.132. The van der Waals surface area contributed by atoms with Gasteiger partial charge in [0.25, 0.3) is 0 Å². The van der Waals surface area contributed by atoms with Gasteiger partial charge in [0.2, 0.25) is 11.8 Å². The molecular weight excluding hydrogens is 524 g/mol. The third-order valence-corrected chi connectivity index (χ3v) is 6.96. The molecule has 10 heteroatoms. The predicted octanol–water partition coefficient (Wildman–Crippen LogP) is 3.03. The van der Waals surface area contributed by atoms with Gasteiger partial charge in [0.05, 0.1) is 0 Å². The van der Waals surface area contributed by atoms with E-state index >= 15 is 0 Å². The zero-order chi connectivity index (χ0) is 30.4. The van der Waals surface area contributed by atoms with Gasteiger partial charge in [0, 0.05) is 39.0 Å². The predicted molar refractivity (Wildman–Crippen MR) is 160 cm³/mol. The number of nitrogens with zero attached hydrogens (tertiary/aromatic N) is 4. The highest BCUT2D eigenvalue weighted by Gasteiger charge is 2.17. The van der Waals surface area contributed by atoms with Crippen LogP contribution in [0.1, 0.15) is 43.2 Å². The highest BCUT2D eigenvalue weighted by atomic mass is 16.3. The van der Waals surface area contributed by atoms with Crippen LogP contribution in [-0.4, -0.2) is 119 Å². The fraction of sp³-hybridized carbons (Fsp3) is 0.548. The molecule has 2 aromatic rings. The first-order chi connectivity index (χ1) is 19.5. The van der Waals surface area contributed by atoms with Crippen LogP contribution in [0.15, 0.2) is 36.4 Å². The minimum absolute atomic E-state index is 0.0222. The topological polar surface area (TPSA) is 128 Å². The van der Waals surface area contributed by atoms with Crippen molar-refractivity contribution in [1.29, 1.82) is 0 Å². The van der Waals surface area contributed by atoms with E-state index in [1.54, 1.807) is 12.1 Å². The average molecular weight is 573 g/mol. The van der Waals surface area contributed by atoms with Crippen molar-refractivity contribution >= 4 is 11.8 Å². The first kappa shape index (κ1) is 33.7. The molecule has 0 radical (unpaired) electrons. The number of benzene rings is 2. The van der Waals surface area contributed by atoms with E-state index in [1.165, 1.54) is 24.3 Å². The second-order valence-corrected chi connectivity index (χ2v) is 11.1. The number of amides is 2. The van der Waals surface area contributed by atoms with E-state index in [-0.39, 0.29) is 47.7 Å². The Morgan fingerprint density at radius 2 is 0.878 bits per heavy atom. The maximum absolute atomic E-state index is 13.2. The fourth-order valence-corrected chi connectivity index (χ4v) is 4.60. The summed E-state index contributed by atoms with van der Waals surface area (Å²) < 4.78 is 0. The van der Waals surface area contributed by atoms with E-state index in [4.69, 9.17) is 0 Å². The van der Waals surface area contributed by atoms with Gasteiger partial charge in [-0.15, -0.1) is 0 Å². The van der Waals surface area contributed by atoms with E-state index in [1.807, 2.05) is 38.0 Å². The molecule has 0 aromatic heterocycles. The molecule has 4 N–H and O–H groups in total. The third kappa shape index (κ3) is 12.7. The van der Waals surface area contributed by atoms with Crippen molar-refractivity contribution in [3.05, 3.63) is 47.5 Å². The Kier molecular flexibility index (Phi) is 14.3. The highest BCUT2D eigenvalue weighted by Crippen LogP contribution is 2.26. The largest absolute Gasteiger partial charge is 0.504 e. The van der Waals surface area contributed by atoms with E-state index in [9.17, 15) is 30.0 Å². The molecule has 10 nitrogen and oxygen atoms in total. The average Bonchev–Trinajstić information content (AvgIpc) is 2.91. The zero-order valence-corrected chi connectivity index (χ0v) is 25.1. The molecule has 0 aliphatic carbocycles. The number of hydrogen-bond acceptors (Lipinski definition) is 8. The quantitative estimate of drug-likeness (QED) is 0.201. The molecule has 0 heterocycles. The molecule has 0 fully saturated rings. The number of hydrogen-bond donors (Lipinski definition) is 4. The molecule has 0 unspecified atom stereocenters. The minimum Gasteiger partial charge on any atom is -0.504 e. The summed E-state index contributed by atoms with van der Waals surface area (Å²) in [7, 11) is 8.00. The number of aryl methyl sites for hydroxylation is 2. The summed E-state index contributed by atoms with van der Waals surface area (Å²) >= 11 is 0. The number of carbonyl (C=O) groups excluding carboxylic acids is 2. The zero-order valence-electron chi connectivity index (χ0n) is 25.1. The molecule has 0 saturated carbocycles. The number of rotatable bonds is 18. The molecule has 0 spiro atoms. The van der Waals surface area contributed by atoms with Gasteiger partial charge >= 0.3 is 0 Å². The van der Waals surface area contributed by atoms with E-state index in [0.717, 1.165) is 37.1 Å². The summed E-state index contributed by atoms with van der Waals surface area (Å²) in [4.78, 5) is 34.3.